The standard InChI is InChI=1S/C12H17F3N2O/c1-8(2)18-10-4-9(6-17-7-10)11(16-3)5-12(13,14)15/h4,6-8,11,16H,5H2,1-3H3. The number of pyridine rings is 1. The largest absolute Gasteiger partial charge is 0.489 e. The first kappa shape index (κ1) is 14.8. The summed E-state index contributed by atoms with van der Waals surface area (Å²) < 4.78 is 42.6. The summed E-state index contributed by atoms with van der Waals surface area (Å²) in [5.74, 6) is 0.477. The average Bonchev–Trinajstić information content (AvgIpc) is 2.24. The third-order valence-corrected chi connectivity index (χ3v) is 2.29. The number of hydrogen-bond donors (Lipinski definition) is 1. The summed E-state index contributed by atoms with van der Waals surface area (Å²) in [6.07, 6.45) is -2.29. The highest BCUT2D eigenvalue weighted by atomic mass is 19.4. The summed E-state index contributed by atoms with van der Waals surface area (Å²) in [4.78, 5) is 3.90. The summed E-state index contributed by atoms with van der Waals surface area (Å²) in [6.45, 7) is 3.69. The monoisotopic (exact) mass is 262 g/mol. The lowest BCUT2D eigenvalue weighted by atomic mass is 10.1. The van der Waals surface area contributed by atoms with Gasteiger partial charge in [-0.15, -0.1) is 0 Å². The molecule has 0 aliphatic rings. The molecule has 0 fully saturated rings. The lowest BCUT2D eigenvalue weighted by molar-refractivity contribution is -0.140. The van der Waals surface area contributed by atoms with Gasteiger partial charge in [-0.2, -0.15) is 13.2 Å². The van der Waals surface area contributed by atoms with Gasteiger partial charge in [0.15, 0.2) is 0 Å². The quantitative estimate of drug-likeness (QED) is 0.885. The van der Waals surface area contributed by atoms with E-state index >= 15 is 0 Å². The summed E-state index contributed by atoms with van der Waals surface area (Å²) in [5.41, 5.74) is 0.466. The number of ether oxygens (including phenoxy) is 1. The molecule has 0 aliphatic heterocycles. The van der Waals surface area contributed by atoms with E-state index in [1.54, 1.807) is 6.07 Å². The van der Waals surface area contributed by atoms with Crippen molar-refractivity contribution in [1.82, 2.24) is 10.3 Å². The Morgan fingerprint density at radius 3 is 2.50 bits per heavy atom. The minimum Gasteiger partial charge on any atom is -0.489 e. The molecule has 1 N–H and O–H groups in total. The predicted molar refractivity (Wildman–Crippen MR) is 62.5 cm³/mol. The van der Waals surface area contributed by atoms with Gasteiger partial charge in [0.05, 0.1) is 18.7 Å². The molecule has 3 nitrogen and oxygen atoms in total. The minimum atomic E-state index is -4.22. The van der Waals surface area contributed by atoms with Crippen LogP contribution in [-0.4, -0.2) is 24.3 Å². The van der Waals surface area contributed by atoms with E-state index in [0.717, 1.165) is 0 Å². The van der Waals surface area contributed by atoms with E-state index in [9.17, 15) is 13.2 Å². The first-order valence-corrected chi connectivity index (χ1v) is 5.67. The van der Waals surface area contributed by atoms with E-state index in [2.05, 4.69) is 10.3 Å². The Hall–Kier alpha value is -1.30. The van der Waals surface area contributed by atoms with Gasteiger partial charge in [-0.3, -0.25) is 4.98 Å². The second-order valence-electron chi connectivity index (χ2n) is 4.28. The van der Waals surface area contributed by atoms with E-state index in [0.29, 0.717) is 11.3 Å². The fraction of sp³-hybridized carbons (Fsp3) is 0.583. The fourth-order valence-electron chi connectivity index (χ4n) is 1.58. The smallest absolute Gasteiger partial charge is 0.390 e. The van der Waals surface area contributed by atoms with Crippen molar-refractivity contribution in [3.8, 4) is 5.75 Å². The van der Waals surface area contributed by atoms with Gasteiger partial charge in [-0.25, -0.2) is 0 Å². The van der Waals surface area contributed by atoms with Crippen molar-refractivity contribution < 1.29 is 17.9 Å². The van der Waals surface area contributed by atoms with Crippen LogP contribution >= 0.6 is 0 Å². The lowest BCUT2D eigenvalue weighted by Gasteiger charge is -2.19. The van der Waals surface area contributed by atoms with Crippen LogP contribution in [0, 0.1) is 0 Å². The molecule has 18 heavy (non-hydrogen) atoms. The van der Waals surface area contributed by atoms with Crippen molar-refractivity contribution in [1.29, 1.82) is 0 Å². The Kier molecular flexibility index (Phi) is 4.95. The third kappa shape index (κ3) is 4.91. The summed E-state index contributed by atoms with van der Waals surface area (Å²) in [7, 11) is 1.49. The normalized spacial score (nSPS) is 13.7. The molecule has 102 valence electrons. The Labute approximate surface area is 104 Å². The molecule has 1 aromatic rings. The molecule has 0 aliphatic carbocycles. The van der Waals surface area contributed by atoms with E-state index < -0.39 is 18.6 Å². The zero-order valence-corrected chi connectivity index (χ0v) is 10.6. The Bertz CT molecular complexity index is 380. The number of hydrogen-bond acceptors (Lipinski definition) is 3. The number of nitrogens with one attached hydrogen (secondary N) is 1. The molecule has 0 bridgehead atoms. The van der Waals surface area contributed by atoms with Crippen LogP contribution in [0.3, 0.4) is 0 Å². The average molecular weight is 262 g/mol. The minimum absolute atomic E-state index is 0.0438. The number of halogens is 3. The van der Waals surface area contributed by atoms with Crippen LogP contribution in [0.1, 0.15) is 31.9 Å². The molecule has 0 saturated carbocycles. The van der Waals surface area contributed by atoms with Crippen LogP contribution in [0.25, 0.3) is 0 Å². The van der Waals surface area contributed by atoms with Crippen molar-refractivity contribution >= 4 is 0 Å². The van der Waals surface area contributed by atoms with Gasteiger partial charge in [0, 0.05) is 12.2 Å². The summed E-state index contributed by atoms with van der Waals surface area (Å²) in [6, 6.07) is 0.771. The van der Waals surface area contributed by atoms with Crippen LogP contribution in [0.4, 0.5) is 13.2 Å². The van der Waals surface area contributed by atoms with Crippen LogP contribution in [0.5, 0.6) is 5.75 Å². The van der Waals surface area contributed by atoms with Crippen molar-refractivity contribution in [2.75, 3.05) is 7.05 Å². The topological polar surface area (TPSA) is 34.2 Å². The summed E-state index contributed by atoms with van der Waals surface area (Å²) in [5, 5.41) is 2.64. The highest BCUT2D eigenvalue weighted by Crippen LogP contribution is 2.30. The predicted octanol–water partition coefficient (Wildman–Crippen LogP) is 3.08. The maximum atomic E-state index is 12.4. The van der Waals surface area contributed by atoms with E-state index in [4.69, 9.17) is 4.74 Å². The highest BCUT2D eigenvalue weighted by Gasteiger charge is 2.32. The molecule has 0 spiro atoms. The molecule has 1 rings (SSSR count). The van der Waals surface area contributed by atoms with Crippen LogP contribution in [0.2, 0.25) is 0 Å². The number of aromatic nitrogens is 1. The lowest BCUT2D eigenvalue weighted by Crippen LogP contribution is -2.24. The first-order chi connectivity index (χ1) is 8.31. The second-order valence-corrected chi connectivity index (χ2v) is 4.28. The number of nitrogens with zero attached hydrogens (tertiary/aromatic N) is 1. The molecule has 6 heteroatoms. The van der Waals surface area contributed by atoms with Crippen molar-refractivity contribution in [2.24, 2.45) is 0 Å². The molecule has 0 saturated heterocycles. The van der Waals surface area contributed by atoms with Gasteiger partial charge < -0.3 is 10.1 Å². The molecule has 1 atom stereocenters. The van der Waals surface area contributed by atoms with Gasteiger partial charge in [-0.05, 0) is 32.5 Å². The Morgan fingerprint density at radius 2 is 2.00 bits per heavy atom. The molecule has 0 amide bonds. The molecular weight excluding hydrogens is 245 g/mol. The highest BCUT2D eigenvalue weighted by molar-refractivity contribution is 5.26. The van der Waals surface area contributed by atoms with Gasteiger partial charge in [-0.1, -0.05) is 0 Å². The maximum Gasteiger partial charge on any atom is 0.390 e. The van der Waals surface area contributed by atoms with Gasteiger partial charge in [0.1, 0.15) is 5.75 Å². The molecule has 1 heterocycles. The molecule has 1 unspecified atom stereocenters. The molecular formula is C12H17F3N2O. The van der Waals surface area contributed by atoms with E-state index in [1.165, 1.54) is 19.4 Å². The first-order valence-electron chi connectivity index (χ1n) is 5.67. The third-order valence-electron chi connectivity index (χ3n) is 2.29. The van der Waals surface area contributed by atoms with Gasteiger partial charge in [0.25, 0.3) is 0 Å². The maximum absolute atomic E-state index is 12.4. The van der Waals surface area contributed by atoms with Crippen LogP contribution < -0.4 is 10.1 Å². The van der Waals surface area contributed by atoms with Crippen molar-refractivity contribution in [2.45, 2.75) is 38.6 Å². The van der Waals surface area contributed by atoms with Crippen LogP contribution in [-0.2, 0) is 0 Å². The SMILES string of the molecule is CNC(CC(F)(F)F)c1cncc(OC(C)C)c1. The molecule has 0 aromatic carbocycles. The number of alkyl halides is 3. The Balaban J connectivity index is 2.86. The molecule has 1 aromatic heterocycles. The van der Waals surface area contributed by atoms with E-state index in [1.807, 2.05) is 13.8 Å². The summed E-state index contributed by atoms with van der Waals surface area (Å²) >= 11 is 0. The fourth-order valence-corrected chi connectivity index (χ4v) is 1.58. The van der Waals surface area contributed by atoms with Crippen molar-refractivity contribution in [3.63, 3.8) is 0 Å². The zero-order valence-electron chi connectivity index (χ0n) is 10.6. The number of rotatable bonds is 5. The molecule has 0 radical (unpaired) electrons. The van der Waals surface area contributed by atoms with Crippen molar-refractivity contribution in [3.05, 3.63) is 24.0 Å². The van der Waals surface area contributed by atoms with E-state index in [-0.39, 0.29) is 6.10 Å². The zero-order chi connectivity index (χ0) is 13.8. The van der Waals surface area contributed by atoms with Crippen LogP contribution in [0.15, 0.2) is 18.5 Å². The van der Waals surface area contributed by atoms with Gasteiger partial charge >= 0.3 is 6.18 Å². The van der Waals surface area contributed by atoms with Gasteiger partial charge in [0.2, 0.25) is 0 Å². The Morgan fingerprint density at radius 1 is 1.33 bits per heavy atom. The second kappa shape index (κ2) is 6.04.